The first-order chi connectivity index (χ1) is 9.11. The van der Waals surface area contributed by atoms with E-state index in [9.17, 15) is 0 Å². The number of ether oxygens (including phenoxy) is 2. The second-order valence-corrected chi connectivity index (χ2v) is 8.34. The number of hydrogen-bond donors (Lipinski definition) is 0. The van der Waals surface area contributed by atoms with Crippen LogP contribution in [0, 0.1) is 0 Å². The zero-order chi connectivity index (χ0) is 15.6. The molecule has 2 nitrogen and oxygen atoms in total. The Balaban J connectivity index is 3.48. The van der Waals surface area contributed by atoms with Gasteiger partial charge in [-0.3, -0.25) is 0 Å². The van der Waals surface area contributed by atoms with Crippen molar-refractivity contribution in [3.8, 4) is 5.75 Å². The van der Waals surface area contributed by atoms with Gasteiger partial charge in [-0.2, -0.15) is 0 Å². The molecular weight excluding hydrogens is 291 g/mol. The van der Waals surface area contributed by atoms with Crippen molar-refractivity contribution in [1.82, 2.24) is 0 Å². The van der Waals surface area contributed by atoms with Gasteiger partial charge in [-0.1, -0.05) is 58.8 Å². The van der Waals surface area contributed by atoms with Gasteiger partial charge < -0.3 is 9.47 Å². The average Bonchev–Trinajstić information content (AvgIpc) is 2.32. The molecule has 1 rings (SSSR count). The summed E-state index contributed by atoms with van der Waals surface area (Å²) in [6.45, 7) is 13.5. The molecule has 0 aromatic heterocycles. The van der Waals surface area contributed by atoms with Crippen LogP contribution in [0.15, 0.2) is 12.1 Å². The summed E-state index contributed by atoms with van der Waals surface area (Å²) in [5.41, 5.74) is 2.56. The van der Waals surface area contributed by atoms with Crippen LogP contribution in [0.5, 0.6) is 5.75 Å². The highest BCUT2D eigenvalue weighted by atomic mass is 35.7. The molecule has 0 spiro atoms. The minimum Gasteiger partial charge on any atom is -0.467 e. The fraction of sp³-hybridized carbons (Fsp3) is 0.625. The normalized spacial score (nSPS) is 13.2. The van der Waals surface area contributed by atoms with Gasteiger partial charge in [0.15, 0.2) is 6.79 Å². The molecular formula is C16H26ClO2P. The van der Waals surface area contributed by atoms with Crippen molar-refractivity contribution in [3.63, 3.8) is 0 Å². The predicted molar refractivity (Wildman–Crippen MR) is 90.1 cm³/mol. The van der Waals surface area contributed by atoms with Crippen molar-refractivity contribution in [1.29, 1.82) is 0 Å². The van der Waals surface area contributed by atoms with E-state index in [2.05, 4.69) is 53.7 Å². The van der Waals surface area contributed by atoms with Crippen LogP contribution < -0.4 is 10.0 Å². The molecule has 1 aromatic carbocycles. The minimum atomic E-state index is -0.00434. The van der Waals surface area contributed by atoms with Gasteiger partial charge in [0.2, 0.25) is 0 Å². The largest absolute Gasteiger partial charge is 0.467 e. The van der Waals surface area contributed by atoms with E-state index in [-0.39, 0.29) is 25.6 Å². The zero-order valence-electron chi connectivity index (χ0n) is 13.6. The maximum atomic E-state index is 6.16. The van der Waals surface area contributed by atoms with E-state index in [4.69, 9.17) is 20.7 Å². The molecule has 4 heteroatoms. The molecule has 0 saturated heterocycles. The first kappa shape index (κ1) is 17.8. The van der Waals surface area contributed by atoms with E-state index < -0.39 is 0 Å². The van der Waals surface area contributed by atoms with Crippen LogP contribution in [0.1, 0.15) is 52.7 Å². The van der Waals surface area contributed by atoms with E-state index in [1.807, 2.05) is 0 Å². The molecule has 0 saturated carbocycles. The Bertz CT molecular complexity index is 459. The fourth-order valence-electron chi connectivity index (χ4n) is 1.96. The molecule has 0 radical (unpaired) electrons. The molecule has 1 aromatic rings. The van der Waals surface area contributed by atoms with Gasteiger partial charge in [-0.15, -0.1) is 0 Å². The highest BCUT2D eigenvalue weighted by molar-refractivity contribution is 7.75. The summed E-state index contributed by atoms with van der Waals surface area (Å²) in [4.78, 5) is 0. The fourth-order valence-corrected chi connectivity index (χ4v) is 2.89. The lowest BCUT2D eigenvalue weighted by atomic mass is 9.80. The highest BCUT2D eigenvalue weighted by Crippen LogP contribution is 2.38. The van der Waals surface area contributed by atoms with Crippen LogP contribution in [0.3, 0.4) is 0 Å². The standard InChI is InChI=1S/C16H26ClO2P/c1-15(2,3)11-8-12(16(4,5)6)14(19-10-18-7)13(9-11)20-17/h8-9,20H,10H2,1-7H3. The second kappa shape index (κ2) is 6.64. The lowest BCUT2D eigenvalue weighted by Crippen LogP contribution is -2.22. The lowest BCUT2D eigenvalue weighted by Gasteiger charge is -2.28. The van der Waals surface area contributed by atoms with Crippen molar-refractivity contribution in [2.45, 2.75) is 52.4 Å². The zero-order valence-corrected chi connectivity index (χ0v) is 15.3. The smallest absolute Gasteiger partial charge is 0.188 e. The molecule has 20 heavy (non-hydrogen) atoms. The van der Waals surface area contributed by atoms with Gasteiger partial charge in [0.1, 0.15) is 5.75 Å². The molecule has 0 bridgehead atoms. The van der Waals surface area contributed by atoms with Gasteiger partial charge in [-0.25, -0.2) is 0 Å². The number of methoxy groups -OCH3 is 1. The van der Waals surface area contributed by atoms with Gasteiger partial charge in [0.25, 0.3) is 0 Å². The molecule has 0 fully saturated rings. The Kier molecular flexibility index (Phi) is 5.89. The number of hydrogen-bond acceptors (Lipinski definition) is 2. The van der Waals surface area contributed by atoms with Crippen molar-refractivity contribution >= 4 is 24.5 Å². The average molecular weight is 317 g/mol. The number of rotatable bonds is 4. The maximum absolute atomic E-state index is 6.16. The molecule has 1 unspecified atom stereocenters. The molecule has 0 aliphatic rings. The van der Waals surface area contributed by atoms with Crippen LogP contribution in [-0.2, 0) is 15.6 Å². The summed E-state index contributed by atoms with van der Waals surface area (Å²) >= 11 is 6.16. The van der Waals surface area contributed by atoms with Crippen molar-refractivity contribution in [2.75, 3.05) is 13.9 Å². The molecule has 0 heterocycles. The Morgan fingerprint density at radius 1 is 1.05 bits per heavy atom. The van der Waals surface area contributed by atoms with Crippen molar-refractivity contribution < 1.29 is 9.47 Å². The maximum Gasteiger partial charge on any atom is 0.188 e. The summed E-state index contributed by atoms with van der Waals surface area (Å²) in [6, 6.07) is 4.40. The molecule has 0 N–H and O–H groups in total. The van der Waals surface area contributed by atoms with E-state index in [0.717, 1.165) is 11.1 Å². The van der Waals surface area contributed by atoms with Crippen LogP contribution in [0.2, 0.25) is 0 Å². The number of benzene rings is 1. The first-order valence-electron chi connectivity index (χ1n) is 6.78. The van der Waals surface area contributed by atoms with Crippen LogP contribution in [-0.4, -0.2) is 13.9 Å². The van der Waals surface area contributed by atoms with E-state index in [0.29, 0.717) is 0 Å². The molecule has 0 amide bonds. The Morgan fingerprint density at radius 3 is 2.05 bits per heavy atom. The summed E-state index contributed by atoms with van der Waals surface area (Å²) in [7, 11) is 1.81. The van der Waals surface area contributed by atoms with Crippen LogP contribution in [0.25, 0.3) is 0 Å². The molecule has 0 aliphatic carbocycles. The third kappa shape index (κ3) is 4.35. The summed E-state index contributed by atoms with van der Waals surface area (Å²) in [5.74, 6) is 0.876. The SMILES string of the molecule is COCOc1c(PCl)cc(C(C)(C)C)cc1C(C)(C)C. The van der Waals surface area contributed by atoms with E-state index in [1.165, 1.54) is 11.1 Å². The Hall–Kier alpha value is -0.300. The second-order valence-electron chi connectivity index (χ2n) is 7.05. The predicted octanol–water partition coefficient (Wildman–Crippen LogP) is 4.72. The Labute approximate surface area is 129 Å². The van der Waals surface area contributed by atoms with Gasteiger partial charge >= 0.3 is 0 Å². The molecule has 114 valence electrons. The lowest BCUT2D eigenvalue weighted by molar-refractivity contribution is 0.0506. The monoisotopic (exact) mass is 316 g/mol. The molecule has 0 aliphatic heterocycles. The topological polar surface area (TPSA) is 18.5 Å². The summed E-state index contributed by atoms with van der Waals surface area (Å²) in [6.07, 6.45) is 0. The van der Waals surface area contributed by atoms with Gasteiger partial charge in [-0.05, 0) is 22.5 Å². The number of halogens is 1. The van der Waals surface area contributed by atoms with Gasteiger partial charge in [0.05, 0.1) is 0 Å². The third-order valence-corrected chi connectivity index (χ3v) is 4.37. The first-order valence-corrected chi connectivity index (χ1v) is 8.80. The van der Waals surface area contributed by atoms with Crippen LogP contribution in [0.4, 0.5) is 0 Å². The third-order valence-electron chi connectivity index (χ3n) is 3.19. The van der Waals surface area contributed by atoms with E-state index in [1.54, 1.807) is 7.11 Å². The highest BCUT2D eigenvalue weighted by Gasteiger charge is 2.25. The van der Waals surface area contributed by atoms with Crippen LogP contribution >= 0.6 is 19.2 Å². The van der Waals surface area contributed by atoms with E-state index >= 15 is 0 Å². The quantitative estimate of drug-likeness (QED) is 0.591. The summed E-state index contributed by atoms with van der Waals surface area (Å²) < 4.78 is 10.9. The van der Waals surface area contributed by atoms with Crippen molar-refractivity contribution in [2.24, 2.45) is 0 Å². The molecule has 1 atom stereocenters. The van der Waals surface area contributed by atoms with Gasteiger partial charge in [0, 0.05) is 25.9 Å². The summed E-state index contributed by atoms with van der Waals surface area (Å²) in [5, 5.41) is 1.06. The van der Waals surface area contributed by atoms with Crippen molar-refractivity contribution in [3.05, 3.63) is 23.3 Å². The Morgan fingerprint density at radius 2 is 1.65 bits per heavy atom. The minimum absolute atomic E-state index is 0.00434.